The molecule has 48 valence electrons. The van der Waals surface area contributed by atoms with Gasteiger partial charge in [0.15, 0.2) is 0 Å². The first-order valence-electron chi connectivity index (χ1n) is 2.46. The molecule has 1 aromatic carbocycles. The van der Waals surface area contributed by atoms with E-state index in [0.29, 0.717) is 0 Å². The third-order valence-electron chi connectivity index (χ3n) is 0.980. The van der Waals surface area contributed by atoms with Gasteiger partial charge in [-0.05, 0) is 17.3 Å². The van der Waals surface area contributed by atoms with Crippen LogP contribution in [0.5, 0.6) is 5.75 Å². The molecule has 0 aliphatic heterocycles. The Morgan fingerprint density at radius 2 is 1.90 bits per heavy atom. The first-order valence-corrected chi connectivity index (χ1v) is 2.46. The van der Waals surface area contributed by atoms with Gasteiger partial charge in [-0.3, -0.25) is 0 Å². The fourth-order valence-corrected chi connectivity index (χ4v) is 0.541. The zero-order valence-electron chi connectivity index (χ0n) is 5.32. The van der Waals surface area contributed by atoms with E-state index in [4.69, 9.17) is 5.11 Å². The van der Waals surface area contributed by atoms with Crippen LogP contribution in [0.15, 0.2) is 29.4 Å². The van der Waals surface area contributed by atoms with Gasteiger partial charge in [0.1, 0.15) is 11.4 Å². The summed E-state index contributed by atoms with van der Waals surface area (Å²) in [4.78, 5) is 9.82. The van der Waals surface area contributed by atoms with Gasteiger partial charge >= 0.3 is 0 Å². The predicted molar refractivity (Wildman–Crippen MR) is 33.6 cm³/mol. The van der Waals surface area contributed by atoms with Crippen molar-refractivity contribution in [3.8, 4) is 5.75 Å². The van der Waals surface area contributed by atoms with Crippen LogP contribution in [0, 0.1) is 4.91 Å². The van der Waals surface area contributed by atoms with Crippen LogP contribution in [0.1, 0.15) is 0 Å². The largest absolute Gasteiger partial charge is 0.506 e. The van der Waals surface area contributed by atoms with E-state index in [1.54, 1.807) is 12.1 Å². The minimum absolute atomic E-state index is 0. The number of nitrogens with zero attached hydrogens (tertiary/aromatic N) is 1. The van der Waals surface area contributed by atoms with Gasteiger partial charge in [0.05, 0.1) is 0 Å². The number of phenolic OH excluding ortho intramolecular Hbond substituents is 1. The number of hydrogen-bond donors (Lipinski definition) is 1. The third-order valence-corrected chi connectivity index (χ3v) is 0.980. The first kappa shape index (κ1) is 9.24. The maximum absolute atomic E-state index is 9.82. The first-order chi connectivity index (χ1) is 4.34. The van der Waals surface area contributed by atoms with Crippen molar-refractivity contribution in [2.75, 3.05) is 0 Å². The van der Waals surface area contributed by atoms with Crippen molar-refractivity contribution in [1.82, 2.24) is 0 Å². The van der Waals surface area contributed by atoms with Crippen molar-refractivity contribution in [3.63, 3.8) is 0 Å². The van der Waals surface area contributed by atoms with Gasteiger partial charge in [0.2, 0.25) is 0 Å². The fourth-order valence-electron chi connectivity index (χ4n) is 0.541. The maximum atomic E-state index is 9.82. The summed E-state index contributed by atoms with van der Waals surface area (Å²) < 4.78 is 0. The summed E-state index contributed by atoms with van der Waals surface area (Å²) in [7, 11) is 0. The molecule has 0 atom stereocenters. The number of nitroso groups, excluding NO2 is 1. The number of benzene rings is 1. The zero-order chi connectivity index (χ0) is 6.69. The summed E-state index contributed by atoms with van der Waals surface area (Å²) >= 11 is 0. The molecule has 0 radical (unpaired) electrons. The Morgan fingerprint density at radius 3 is 2.30 bits per heavy atom. The molecule has 1 N–H and O–H groups in total. The number of hydrogen-bond acceptors (Lipinski definition) is 3. The molecule has 0 aliphatic carbocycles. The van der Waals surface area contributed by atoms with Gasteiger partial charge in [0, 0.05) is 19.5 Å². The van der Waals surface area contributed by atoms with Gasteiger partial charge < -0.3 is 5.11 Å². The second kappa shape index (κ2) is 4.12. The van der Waals surface area contributed by atoms with Crippen molar-refractivity contribution in [2.24, 2.45) is 5.18 Å². The Morgan fingerprint density at radius 1 is 1.30 bits per heavy atom. The molecular formula is C6H5NO2Zn. The molecule has 0 saturated heterocycles. The molecule has 4 heteroatoms. The molecule has 0 spiro atoms. The van der Waals surface area contributed by atoms with E-state index < -0.39 is 0 Å². The van der Waals surface area contributed by atoms with Crippen LogP contribution in [0.4, 0.5) is 5.69 Å². The van der Waals surface area contributed by atoms with Crippen LogP contribution in [-0.2, 0) is 19.5 Å². The van der Waals surface area contributed by atoms with Gasteiger partial charge in [-0.2, -0.15) is 0 Å². The standard InChI is InChI=1S/C6H5NO2.Zn/c8-6-4-2-1-3-5(6)7-9;/h1-4,8H;. The Kier molecular flexibility index (Phi) is 3.81. The molecule has 10 heavy (non-hydrogen) atoms. The van der Waals surface area contributed by atoms with Gasteiger partial charge in [0.25, 0.3) is 0 Å². The SMILES string of the molecule is O=Nc1ccccc1O.[Zn]. The maximum Gasteiger partial charge on any atom is 0.149 e. The van der Waals surface area contributed by atoms with Gasteiger partial charge in [-0.1, -0.05) is 12.1 Å². The summed E-state index contributed by atoms with van der Waals surface area (Å²) in [5, 5.41) is 11.4. The smallest absolute Gasteiger partial charge is 0.149 e. The quantitative estimate of drug-likeness (QED) is 0.540. The molecule has 3 nitrogen and oxygen atoms in total. The molecule has 0 unspecified atom stereocenters. The summed E-state index contributed by atoms with van der Waals surface area (Å²) in [6.07, 6.45) is 0. The minimum atomic E-state index is -0.0764. The third kappa shape index (κ3) is 1.88. The molecule has 0 aromatic heterocycles. The molecule has 0 heterocycles. The van der Waals surface area contributed by atoms with Crippen molar-refractivity contribution in [2.45, 2.75) is 0 Å². The van der Waals surface area contributed by atoms with Crippen molar-refractivity contribution >= 4 is 5.69 Å². The summed E-state index contributed by atoms with van der Waals surface area (Å²) in [6, 6.07) is 6.12. The predicted octanol–water partition coefficient (Wildman–Crippen LogP) is 1.79. The van der Waals surface area contributed by atoms with Crippen LogP contribution in [0.2, 0.25) is 0 Å². The van der Waals surface area contributed by atoms with Crippen LogP contribution in [0.3, 0.4) is 0 Å². The van der Waals surface area contributed by atoms with Gasteiger partial charge in [-0.25, -0.2) is 0 Å². The normalized spacial score (nSPS) is 8.00. The molecule has 1 aromatic rings. The van der Waals surface area contributed by atoms with E-state index in [1.165, 1.54) is 12.1 Å². The fraction of sp³-hybridized carbons (Fsp3) is 0. The number of phenols is 1. The van der Waals surface area contributed by atoms with E-state index in [0.717, 1.165) is 0 Å². The minimum Gasteiger partial charge on any atom is -0.506 e. The van der Waals surface area contributed by atoms with Crippen LogP contribution < -0.4 is 0 Å². The Bertz CT molecular complexity index is 227. The number of rotatable bonds is 1. The summed E-state index contributed by atoms with van der Waals surface area (Å²) in [5.74, 6) is -0.0764. The molecule has 0 bridgehead atoms. The monoisotopic (exact) mass is 187 g/mol. The average molecular weight is 189 g/mol. The van der Waals surface area contributed by atoms with Crippen molar-refractivity contribution in [1.29, 1.82) is 0 Å². The average Bonchev–Trinajstić information content (AvgIpc) is 1.89. The van der Waals surface area contributed by atoms with E-state index in [-0.39, 0.29) is 30.9 Å². The molecule has 1 rings (SSSR count). The summed E-state index contributed by atoms with van der Waals surface area (Å²) in [5.41, 5.74) is 0.0810. The van der Waals surface area contributed by atoms with Crippen molar-refractivity contribution < 1.29 is 24.6 Å². The Labute approximate surface area is 70.8 Å². The van der Waals surface area contributed by atoms with E-state index in [9.17, 15) is 4.91 Å². The van der Waals surface area contributed by atoms with Crippen LogP contribution in [-0.4, -0.2) is 5.11 Å². The Hall–Kier alpha value is -0.757. The molecular weight excluding hydrogens is 183 g/mol. The van der Waals surface area contributed by atoms with Crippen LogP contribution in [0.25, 0.3) is 0 Å². The van der Waals surface area contributed by atoms with Gasteiger partial charge in [-0.15, -0.1) is 4.91 Å². The number of aromatic hydroxyl groups is 1. The molecule has 0 aliphatic rings. The number of para-hydroxylation sites is 1. The van der Waals surface area contributed by atoms with Crippen LogP contribution >= 0.6 is 0 Å². The molecule has 0 amide bonds. The van der Waals surface area contributed by atoms with E-state index in [1.807, 2.05) is 0 Å². The van der Waals surface area contributed by atoms with Crippen molar-refractivity contribution in [3.05, 3.63) is 29.2 Å². The Balaban J connectivity index is 0.000000810. The molecule has 0 fully saturated rings. The zero-order valence-corrected chi connectivity index (χ0v) is 8.29. The van der Waals surface area contributed by atoms with E-state index in [2.05, 4.69) is 5.18 Å². The van der Waals surface area contributed by atoms with E-state index >= 15 is 0 Å². The topological polar surface area (TPSA) is 49.7 Å². The second-order valence-corrected chi connectivity index (χ2v) is 1.58. The summed E-state index contributed by atoms with van der Waals surface area (Å²) in [6.45, 7) is 0. The molecule has 0 saturated carbocycles. The second-order valence-electron chi connectivity index (χ2n) is 1.58.